The van der Waals surface area contributed by atoms with Crippen LogP contribution in [-0.4, -0.2) is 56.6 Å². The van der Waals surface area contributed by atoms with Crippen LogP contribution in [0.4, 0.5) is 4.79 Å². The molecule has 2 aliphatic rings. The van der Waals surface area contributed by atoms with E-state index in [0.717, 1.165) is 31.6 Å². The highest BCUT2D eigenvalue weighted by Crippen LogP contribution is 2.20. The van der Waals surface area contributed by atoms with Gasteiger partial charge in [-0.05, 0) is 40.0 Å². The Morgan fingerprint density at radius 3 is 2.92 bits per heavy atom. The van der Waals surface area contributed by atoms with E-state index in [-0.39, 0.29) is 23.4 Å². The first-order chi connectivity index (χ1) is 11.9. The Bertz CT molecular complexity index is 678. The molecule has 0 aromatic carbocycles. The number of amides is 2. The zero-order valence-electron chi connectivity index (χ0n) is 15.5. The second-order valence-corrected chi connectivity index (χ2v) is 7.68. The third-order valence-electron chi connectivity index (χ3n) is 4.71. The van der Waals surface area contributed by atoms with Gasteiger partial charge in [-0.1, -0.05) is 0 Å². The van der Waals surface area contributed by atoms with Gasteiger partial charge in [-0.25, -0.2) is 14.3 Å². The first kappa shape index (κ1) is 18.0. The summed E-state index contributed by atoms with van der Waals surface area (Å²) in [6.45, 7) is 8.98. The molecule has 2 aliphatic heterocycles. The van der Waals surface area contributed by atoms with Gasteiger partial charge >= 0.3 is 11.7 Å². The maximum atomic E-state index is 12.3. The van der Waals surface area contributed by atoms with Gasteiger partial charge in [0, 0.05) is 32.6 Å². The Hall–Kier alpha value is -1.83. The van der Waals surface area contributed by atoms with Crippen LogP contribution in [0.3, 0.4) is 0 Å². The molecule has 1 N–H and O–H groups in total. The zero-order chi connectivity index (χ0) is 18.0. The number of urea groups is 1. The summed E-state index contributed by atoms with van der Waals surface area (Å²) >= 11 is 0. The summed E-state index contributed by atoms with van der Waals surface area (Å²) in [5, 5.41) is 7.36. The highest BCUT2D eigenvalue weighted by molar-refractivity contribution is 5.74. The van der Waals surface area contributed by atoms with Gasteiger partial charge in [-0.2, -0.15) is 5.10 Å². The lowest BCUT2D eigenvalue weighted by molar-refractivity contribution is -0.117. The van der Waals surface area contributed by atoms with E-state index < -0.39 is 0 Å². The number of aromatic nitrogens is 3. The van der Waals surface area contributed by atoms with Gasteiger partial charge in [-0.3, -0.25) is 4.57 Å². The Morgan fingerprint density at radius 1 is 1.40 bits per heavy atom. The first-order valence-electron chi connectivity index (χ1n) is 9.23. The predicted molar refractivity (Wildman–Crippen MR) is 93.6 cm³/mol. The number of carbonyl (C=O) groups excluding carboxylic acids is 1. The minimum absolute atomic E-state index is 0.0234. The molecule has 25 heavy (non-hydrogen) atoms. The summed E-state index contributed by atoms with van der Waals surface area (Å²) in [6, 6.07) is -0.0697. The number of aryl methyl sites for hydroxylation is 2. The Balaban J connectivity index is 1.46. The van der Waals surface area contributed by atoms with E-state index in [1.807, 2.05) is 20.8 Å². The third kappa shape index (κ3) is 4.23. The molecule has 1 aromatic rings. The molecule has 0 saturated carbocycles. The van der Waals surface area contributed by atoms with Crippen LogP contribution in [0.1, 0.15) is 45.9 Å². The molecule has 1 aromatic heterocycles. The van der Waals surface area contributed by atoms with Crippen LogP contribution in [0.15, 0.2) is 4.79 Å². The van der Waals surface area contributed by atoms with Crippen LogP contribution in [0.2, 0.25) is 0 Å². The summed E-state index contributed by atoms with van der Waals surface area (Å²) in [6.07, 6.45) is 3.74. The number of nitrogens with one attached hydrogen (secondary N) is 1. The molecular weight excluding hydrogens is 322 g/mol. The fourth-order valence-electron chi connectivity index (χ4n) is 3.74. The van der Waals surface area contributed by atoms with E-state index in [0.29, 0.717) is 32.6 Å². The average molecular weight is 351 g/mol. The number of ether oxygens (including phenoxy) is 1. The normalized spacial score (nSPS) is 22.5. The number of hydrogen-bond acceptors (Lipinski definition) is 4. The molecule has 1 unspecified atom stereocenters. The number of hydrogen-bond donors (Lipinski definition) is 1. The van der Waals surface area contributed by atoms with Gasteiger partial charge in [0.2, 0.25) is 0 Å². The van der Waals surface area contributed by atoms with Crippen LogP contribution >= 0.6 is 0 Å². The van der Waals surface area contributed by atoms with Crippen LogP contribution in [0.5, 0.6) is 0 Å². The molecule has 1 saturated heterocycles. The van der Waals surface area contributed by atoms with E-state index in [9.17, 15) is 9.59 Å². The van der Waals surface area contributed by atoms with Crippen molar-refractivity contribution in [3.63, 3.8) is 0 Å². The molecule has 8 heteroatoms. The average Bonchev–Trinajstić information content (AvgIpc) is 2.86. The molecule has 1 atom stereocenters. The van der Waals surface area contributed by atoms with Crippen molar-refractivity contribution in [1.29, 1.82) is 0 Å². The molecule has 3 heterocycles. The van der Waals surface area contributed by atoms with E-state index >= 15 is 0 Å². The molecule has 8 nitrogen and oxygen atoms in total. The number of morpholine rings is 1. The lowest BCUT2D eigenvalue weighted by Gasteiger charge is -2.41. The van der Waals surface area contributed by atoms with Crippen molar-refractivity contribution in [2.45, 2.75) is 71.2 Å². The second kappa shape index (κ2) is 7.19. The Labute approximate surface area is 148 Å². The highest BCUT2D eigenvalue weighted by atomic mass is 16.5. The minimum Gasteiger partial charge on any atom is -0.369 e. The number of fused-ring (bicyclic) bond motifs is 1. The largest absolute Gasteiger partial charge is 0.369 e. The van der Waals surface area contributed by atoms with Crippen molar-refractivity contribution in [2.24, 2.45) is 0 Å². The molecule has 0 aliphatic carbocycles. The molecular formula is C17H29N5O3. The fraction of sp³-hybridized carbons (Fsp3) is 0.824. The monoisotopic (exact) mass is 351 g/mol. The molecule has 1 fully saturated rings. The fourth-order valence-corrected chi connectivity index (χ4v) is 3.74. The number of nitrogens with zero attached hydrogens (tertiary/aromatic N) is 4. The van der Waals surface area contributed by atoms with Crippen molar-refractivity contribution in [3.05, 3.63) is 16.3 Å². The number of rotatable bonds is 4. The van der Waals surface area contributed by atoms with Crippen molar-refractivity contribution in [1.82, 2.24) is 24.6 Å². The zero-order valence-corrected chi connectivity index (χ0v) is 15.5. The van der Waals surface area contributed by atoms with Crippen LogP contribution in [0, 0.1) is 0 Å². The lowest BCUT2D eigenvalue weighted by Crippen LogP contribution is -2.56. The van der Waals surface area contributed by atoms with Gasteiger partial charge in [-0.15, -0.1) is 0 Å². The highest BCUT2D eigenvalue weighted by Gasteiger charge is 2.33. The molecule has 0 bridgehead atoms. The molecule has 0 radical (unpaired) electrons. The van der Waals surface area contributed by atoms with E-state index in [4.69, 9.17) is 4.74 Å². The van der Waals surface area contributed by atoms with Crippen molar-refractivity contribution in [3.8, 4) is 0 Å². The lowest BCUT2D eigenvalue weighted by atomic mass is 10.1. The first-order valence-corrected chi connectivity index (χ1v) is 9.23. The molecule has 0 spiro atoms. The van der Waals surface area contributed by atoms with E-state index in [2.05, 4.69) is 10.4 Å². The summed E-state index contributed by atoms with van der Waals surface area (Å²) in [5.74, 6) is 0.893. The summed E-state index contributed by atoms with van der Waals surface area (Å²) in [4.78, 5) is 26.4. The summed E-state index contributed by atoms with van der Waals surface area (Å²) in [5.41, 5.74) is -0.345. The Morgan fingerprint density at radius 2 is 2.20 bits per heavy atom. The predicted octanol–water partition coefficient (Wildman–Crippen LogP) is 0.980. The van der Waals surface area contributed by atoms with Crippen LogP contribution < -0.4 is 11.0 Å². The van der Waals surface area contributed by atoms with Crippen molar-refractivity contribution < 1.29 is 9.53 Å². The Kier molecular flexibility index (Phi) is 5.17. The standard InChI is InChI=1S/C17H29N5O3/c1-13-11-20(12-17(2,3)25-13)15(23)18-8-6-10-22-16(24)21-9-5-4-7-14(21)19-22/h13H,4-12H2,1-3H3,(H,18,23). The molecule has 140 valence electrons. The van der Waals surface area contributed by atoms with Crippen LogP contribution in [-0.2, 0) is 24.2 Å². The van der Waals surface area contributed by atoms with Crippen molar-refractivity contribution in [2.75, 3.05) is 19.6 Å². The topological polar surface area (TPSA) is 81.4 Å². The SMILES string of the molecule is CC1CN(C(=O)NCCCn2nc3n(c2=O)CCCC3)CC(C)(C)O1. The molecule has 3 rings (SSSR count). The van der Waals surface area contributed by atoms with Gasteiger partial charge in [0.05, 0.1) is 18.2 Å². The third-order valence-corrected chi connectivity index (χ3v) is 4.71. The van der Waals surface area contributed by atoms with Gasteiger partial charge in [0.1, 0.15) is 5.82 Å². The van der Waals surface area contributed by atoms with Gasteiger partial charge in [0.15, 0.2) is 0 Å². The van der Waals surface area contributed by atoms with Crippen LogP contribution in [0.25, 0.3) is 0 Å². The van der Waals surface area contributed by atoms with Crippen molar-refractivity contribution >= 4 is 6.03 Å². The second-order valence-electron chi connectivity index (χ2n) is 7.68. The van der Waals surface area contributed by atoms with Gasteiger partial charge in [0.25, 0.3) is 0 Å². The maximum absolute atomic E-state index is 12.3. The smallest absolute Gasteiger partial charge is 0.345 e. The summed E-state index contributed by atoms with van der Waals surface area (Å²) in [7, 11) is 0. The maximum Gasteiger partial charge on any atom is 0.345 e. The molecule has 2 amide bonds. The van der Waals surface area contributed by atoms with E-state index in [1.165, 1.54) is 4.68 Å². The van der Waals surface area contributed by atoms with Gasteiger partial charge < -0.3 is 15.0 Å². The quantitative estimate of drug-likeness (QED) is 0.820. The van der Waals surface area contributed by atoms with E-state index in [1.54, 1.807) is 9.47 Å². The number of carbonyl (C=O) groups is 1. The minimum atomic E-state index is -0.322. The summed E-state index contributed by atoms with van der Waals surface area (Å²) < 4.78 is 9.13.